The number of fused-ring (bicyclic) bond motifs is 1. The topological polar surface area (TPSA) is 63.5 Å². The van der Waals surface area contributed by atoms with Crippen molar-refractivity contribution in [3.8, 4) is 0 Å². The highest BCUT2D eigenvalue weighted by atomic mass is 32.1. The van der Waals surface area contributed by atoms with Crippen LogP contribution in [0.2, 0.25) is 0 Å². The lowest BCUT2D eigenvalue weighted by molar-refractivity contribution is -0.419. The van der Waals surface area contributed by atoms with E-state index < -0.39 is 4.92 Å². The van der Waals surface area contributed by atoms with E-state index in [1.54, 1.807) is 6.08 Å². The third-order valence-electron chi connectivity index (χ3n) is 5.71. The molecule has 2 aliphatic rings. The van der Waals surface area contributed by atoms with Gasteiger partial charge in [0.05, 0.1) is 4.92 Å². The molecule has 0 N–H and O–H groups in total. The third kappa shape index (κ3) is 4.59. The summed E-state index contributed by atoms with van der Waals surface area (Å²) in [5.41, 5.74) is 3.58. The third-order valence-corrected chi connectivity index (χ3v) is 6.03. The Labute approximate surface area is 183 Å². The lowest BCUT2D eigenvalue weighted by Gasteiger charge is -2.27. The van der Waals surface area contributed by atoms with Crippen LogP contribution in [0.4, 0.5) is 5.69 Å². The summed E-state index contributed by atoms with van der Waals surface area (Å²) in [6, 6.07) is 8.38. The molecule has 0 aromatic heterocycles. The quantitative estimate of drug-likeness (QED) is 0.200. The number of thiol groups is 1. The molecule has 158 valence electrons. The summed E-state index contributed by atoms with van der Waals surface area (Å²) in [5, 5.41) is 11.1. The van der Waals surface area contributed by atoms with E-state index in [-0.39, 0.29) is 16.9 Å². The molecule has 1 aromatic carbocycles. The number of hydrogen-bond acceptors (Lipinski definition) is 5. The van der Waals surface area contributed by atoms with Crippen molar-refractivity contribution in [2.75, 3.05) is 17.2 Å². The molecule has 0 saturated carbocycles. The molecule has 0 spiro atoms. The molecule has 1 aromatic rings. The second kappa shape index (κ2) is 9.47. The van der Waals surface area contributed by atoms with E-state index in [0.717, 1.165) is 37.3 Å². The van der Waals surface area contributed by atoms with Crippen molar-refractivity contribution < 1.29 is 9.72 Å². The van der Waals surface area contributed by atoms with Gasteiger partial charge in [-0.3, -0.25) is 14.9 Å². The highest BCUT2D eigenvalue weighted by Gasteiger charge is 2.39. The van der Waals surface area contributed by atoms with Gasteiger partial charge < -0.3 is 4.90 Å². The molecule has 3 rings (SSSR count). The van der Waals surface area contributed by atoms with E-state index >= 15 is 0 Å². The number of hydrogen-bond donors (Lipinski definition) is 1. The van der Waals surface area contributed by atoms with E-state index in [0.29, 0.717) is 5.57 Å². The van der Waals surface area contributed by atoms with Gasteiger partial charge in [0, 0.05) is 41.1 Å². The summed E-state index contributed by atoms with van der Waals surface area (Å²) in [7, 11) is 0. The molecule has 0 bridgehead atoms. The van der Waals surface area contributed by atoms with Crippen LogP contribution in [-0.2, 0) is 10.2 Å². The highest BCUT2D eigenvalue weighted by molar-refractivity contribution is 7.80. The van der Waals surface area contributed by atoms with Gasteiger partial charge in [-0.15, -0.1) is 0 Å². The Morgan fingerprint density at radius 2 is 1.83 bits per heavy atom. The predicted octanol–water partition coefficient (Wildman–Crippen LogP) is 5.38. The number of ketones is 1. The van der Waals surface area contributed by atoms with Crippen LogP contribution >= 0.6 is 12.6 Å². The average molecular weight is 425 g/mol. The maximum Gasteiger partial charge on any atom is 0.270 e. The van der Waals surface area contributed by atoms with Crippen molar-refractivity contribution in [1.82, 2.24) is 0 Å². The van der Waals surface area contributed by atoms with Gasteiger partial charge >= 0.3 is 0 Å². The Morgan fingerprint density at radius 1 is 1.10 bits per heavy atom. The van der Waals surface area contributed by atoms with Crippen LogP contribution in [0.25, 0.3) is 0 Å². The second-order valence-electron chi connectivity index (χ2n) is 8.13. The van der Waals surface area contributed by atoms with Crippen LogP contribution in [0.15, 0.2) is 71.6 Å². The Morgan fingerprint density at radius 3 is 2.57 bits per heavy atom. The Kier molecular flexibility index (Phi) is 6.98. The van der Waals surface area contributed by atoms with Crippen molar-refractivity contribution in [2.24, 2.45) is 0 Å². The second-order valence-corrected chi connectivity index (χ2v) is 8.58. The first-order valence-corrected chi connectivity index (χ1v) is 11.0. The van der Waals surface area contributed by atoms with E-state index in [1.165, 1.54) is 35.9 Å². The van der Waals surface area contributed by atoms with Crippen LogP contribution in [0.3, 0.4) is 0 Å². The van der Waals surface area contributed by atoms with Gasteiger partial charge in [0.25, 0.3) is 5.70 Å². The van der Waals surface area contributed by atoms with Gasteiger partial charge in [0.1, 0.15) is 0 Å². The number of carbonyl (C=O) groups excluding carboxylic acids is 1. The lowest BCUT2D eigenvalue weighted by atomic mass is 9.83. The monoisotopic (exact) mass is 424 g/mol. The van der Waals surface area contributed by atoms with Gasteiger partial charge in [-0.05, 0) is 48.5 Å². The molecule has 0 amide bonds. The molecule has 0 atom stereocenters. The Hall–Kier alpha value is -2.60. The van der Waals surface area contributed by atoms with E-state index in [2.05, 4.69) is 49.6 Å². The lowest BCUT2D eigenvalue weighted by Crippen LogP contribution is -2.27. The first-order valence-electron chi connectivity index (χ1n) is 10.3. The van der Waals surface area contributed by atoms with Crippen LogP contribution < -0.4 is 4.90 Å². The zero-order chi connectivity index (χ0) is 21.7. The van der Waals surface area contributed by atoms with Crippen LogP contribution in [0.1, 0.15) is 45.1 Å². The number of nitro groups is 1. The van der Waals surface area contributed by atoms with Crippen molar-refractivity contribution in [3.05, 3.63) is 87.3 Å². The molecule has 1 aliphatic carbocycles. The smallest absolute Gasteiger partial charge is 0.270 e. The molecular formula is C24H28N2O3S. The number of anilines is 1. The zero-order valence-electron chi connectivity index (χ0n) is 17.5. The molecule has 1 aliphatic heterocycles. The molecule has 0 saturated heterocycles. The van der Waals surface area contributed by atoms with Gasteiger partial charge in [-0.25, -0.2) is 0 Å². The Balaban J connectivity index is 1.93. The van der Waals surface area contributed by atoms with Crippen LogP contribution in [0.5, 0.6) is 0 Å². The van der Waals surface area contributed by atoms with E-state index in [9.17, 15) is 14.9 Å². The van der Waals surface area contributed by atoms with Crippen LogP contribution in [0, 0.1) is 10.1 Å². The summed E-state index contributed by atoms with van der Waals surface area (Å²) in [6.45, 7) is 5.25. The average Bonchev–Trinajstić information content (AvgIpc) is 2.94. The minimum absolute atomic E-state index is 0.0748. The molecular weight excluding hydrogens is 396 g/mol. The van der Waals surface area contributed by atoms with E-state index in [4.69, 9.17) is 0 Å². The molecule has 0 unspecified atom stereocenters. The molecule has 6 heteroatoms. The normalized spacial score (nSPS) is 20.0. The van der Waals surface area contributed by atoms with Crippen molar-refractivity contribution >= 4 is 24.1 Å². The number of allylic oxidation sites excluding steroid dienone is 7. The van der Waals surface area contributed by atoms with Gasteiger partial charge in [0.2, 0.25) is 0 Å². The molecule has 30 heavy (non-hydrogen) atoms. The molecule has 5 nitrogen and oxygen atoms in total. The first kappa shape index (κ1) is 22.1. The summed E-state index contributed by atoms with van der Waals surface area (Å²) in [5.74, 6) is 0.699. The summed E-state index contributed by atoms with van der Waals surface area (Å²) in [6.07, 6.45) is 12.0. The SMILES string of the molecule is CC1(C)/C(=C\C=C2\C=C([N+](=O)[O-])C=CC2=O)N(CCCCCCS)c2ccccc21. The molecule has 0 fully saturated rings. The zero-order valence-corrected chi connectivity index (χ0v) is 18.4. The van der Waals surface area contributed by atoms with E-state index in [1.807, 2.05) is 12.1 Å². The Bertz CT molecular complexity index is 957. The molecule has 1 heterocycles. The largest absolute Gasteiger partial charge is 0.344 e. The maximum atomic E-state index is 12.2. The number of carbonyl (C=O) groups is 1. The first-order chi connectivity index (χ1) is 14.4. The number of para-hydroxylation sites is 1. The van der Waals surface area contributed by atoms with Crippen molar-refractivity contribution in [3.63, 3.8) is 0 Å². The van der Waals surface area contributed by atoms with Crippen molar-refractivity contribution in [2.45, 2.75) is 44.9 Å². The standard InChI is InChI=1S/C24H28N2O3S/c1-24(2)20-9-5-6-10-21(20)25(15-7-3-4-8-16-30)23(24)14-11-18-17-19(26(28)29)12-13-22(18)27/h5-6,9-14,17,30H,3-4,7-8,15-16H2,1-2H3/b18-11-,23-14+. The molecule has 0 radical (unpaired) electrons. The van der Waals surface area contributed by atoms with Gasteiger partial charge in [0.15, 0.2) is 5.78 Å². The highest BCUT2D eigenvalue weighted by Crippen LogP contribution is 2.47. The van der Waals surface area contributed by atoms with Gasteiger partial charge in [-0.1, -0.05) is 44.9 Å². The van der Waals surface area contributed by atoms with Gasteiger partial charge in [-0.2, -0.15) is 12.6 Å². The number of nitrogens with zero attached hydrogens (tertiary/aromatic N) is 2. The number of benzene rings is 1. The summed E-state index contributed by atoms with van der Waals surface area (Å²) >= 11 is 4.28. The van der Waals surface area contributed by atoms with Crippen LogP contribution in [-0.4, -0.2) is 23.0 Å². The number of rotatable bonds is 8. The fourth-order valence-corrected chi connectivity index (χ4v) is 4.29. The minimum Gasteiger partial charge on any atom is -0.344 e. The predicted molar refractivity (Wildman–Crippen MR) is 125 cm³/mol. The summed E-state index contributed by atoms with van der Waals surface area (Å²) in [4.78, 5) is 25.2. The summed E-state index contributed by atoms with van der Waals surface area (Å²) < 4.78 is 0. The minimum atomic E-state index is -0.476. The number of unbranched alkanes of at least 4 members (excludes halogenated alkanes) is 3. The fourth-order valence-electron chi connectivity index (χ4n) is 4.07. The maximum absolute atomic E-state index is 12.2. The fraction of sp³-hybridized carbons (Fsp3) is 0.375. The van der Waals surface area contributed by atoms with Crippen molar-refractivity contribution in [1.29, 1.82) is 0 Å².